The quantitative estimate of drug-likeness (QED) is 0.143. The van der Waals surface area contributed by atoms with Crippen molar-refractivity contribution in [3.8, 4) is 0 Å². The number of fused-ring (bicyclic) bond motifs is 3. The van der Waals surface area contributed by atoms with Gasteiger partial charge in [-0.3, -0.25) is 19.2 Å². The Morgan fingerprint density at radius 1 is 0.913 bits per heavy atom. The van der Waals surface area contributed by atoms with Crippen molar-refractivity contribution in [3.05, 3.63) is 60.3 Å². The Balaban J connectivity index is 1.49. The summed E-state index contributed by atoms with van der Waals surface area (Å²) in [4.78, 5) is 72.4. The maximum atomic E-state index is 14.5. The molecular weight excluding hydrogens is 887 g/mol. The molecule has 0 radical (unpaired) electrons. The number of hydrogen-bond acceptors (Lipinski definition) is 14. The number of aliphatic hydroxyl groups excluding tert-OH is 2. The number of methoxy groups -OCH3 is 2. The van der Waals surface area contributed by atoms with Crippen molar-refractivity contribution in [2.24, 2.45) is 35.5 Å². The first kappa shape index (κ1) is 56.2. The van der Waals surface area contributed by atoms with Gasteiger partial charge >= 0.3 is 5.97 Å². The van der Waals surface area contributed by atoms with Gasteiger partial charge in [-0.25, -0.2) is 4.79 Å². The number of ether oxygens (including phenoxy) is 6. The zero-order valence-electron chi connectivity index (χ0n) is 42.3. The average Bonchev–Trinajstić information content (AvgIpc) is 3.32. The first-order valence-electron chi connectivity index (χ1n) is 25.3. The number of hydrogen-bond donors (Lipinski definition) is 3. The van der Waals surface area contributed by atoms with E-state index in [0.717, 1.165) is 5.57 Å². The van der Waals surface area contributed by atoms with Crippen molar-refractivity contribution in [2.45, 2.75) is 179 Å². The zero-order valence-corrected chi connectivity index (χ0v) is 42.3. The van der Waals surface area contributed by atoms with Crippen LogP contribution < -0.4 is 0 Å². The van der Waals surface area contributed by atoms with Crippen LogP contribution in [0.25, 0.3) is 0 Å². The molecule has 3 saturated heterocycles. The lowest BCUT2D eigenvalue weighted by molar-refractivity contribution is -0.267. The summed E-state index contributed by atoms with van der Waals surface area (Å²) in [6.07, 6.45) is 12.3. The predicted molar refractivity (Wildman–Crippen MR) is 258 cm³/mol. The van der Waals surface area contributed by atoms with Crippen molar-refractivity contribution in [3.63, 3.8) is 0 Å². The minimum atomic E-state index is -2.46. The molecule has 1 amide bonds. The van der Waals surface area contributed by atoms with Crippen LogP contribution in [0.4, 0.5) is 0 Å². The summed E-state index contributed by atoms with van der Waals surface area (Å²) in [5.74, 6) is -8.40. The standard InChI is InChI=1S/C54H81NO14/c1-10-38-17-13-11-12-16-32(2)45(67-41-30-66-31-41)28-40-21-19-37(7)54(63,69-40)51(60)52(61)55-23-15-14-18-42(55)53(62)68-46(34(4)25-39-20-22-43(56)47(27-39)64-8)29-44(57)33(3)24-35(5)48(58)50(65-9)49(59)36(6)26-38/h10-13,16-17,24,33-34,36-43,45-48,50,56,58,63H,1,14-15,18-23,25-31H2,2-9H3/b12-11+,17-13+,32-16+,35-24+/t33-,34-,36-,37-,38-,39+,40+,42?,43-,45?,46+,47-,48-,50-,54-/m1/s1. The fraction of sp³-hybridized carbons (Fsp3) is 0.722. The summed E-state index contributed by atoms with van der Waals surface area (Å²) in [7, 11) is 2.93. The van der Waals surface area contributed by atoms with E-state index >= 15 is 0 Å². The highest BCUT2D eigenvalue weighted by molar-refractivity contribution is 6.39. The Hall–Kier alpha value is -3.67. The molecule has 5 rings (SSSR count). The van der Waals surface area contributed by atoms with Gasteiger partial charge in [0.2, 0.25) is 5.79 Å². The average molecular weight is 968 g/mol. The first-order valence-corrected chi connectivity index (χ1v) is 25.3. The van der Waals surface area contributed by atoms with E-state index in [1.807, 2.05) is 44.2 Å². The van der Waals surface area contributed by atoms with Crippen LogP contribution in [0.3, 0.4) is 0 Å². The number of esters is 1. The summed E-state index contributed by atoms with van der Waals surface area (Å²) in [5.41, 5.74) is 1.24. The molecule has 4 fully saturated rings. The van der Waals surface area contributed by atoms with Crippen LogP contribution >= 0.6 is 0 Å². The third-order valence-corrected chi connectivity index (χ3v) is 15.3. The lowest BCUT2D eigenvalue weighted by Gasteiger charge is -2.43. The van der Waals surface area contributed by atoms with Gasteiger partial charge in [-0.2, -0.15) is 0 Å². The van der Waals surface area contributed by atoms with Crippen molar-refractivity contribution >= 4 is 29.2 Å². The second-order valence-electron chi connectivity index (χ2n) is 20.6. The first-order chi connectivity index (χ1) is 32.8. The van der Waals surface area contributed by atoms with E-state index in [0.29, 0.717) is 83.0 Å². The highest BCUT2D eigenvalue weighted by Crippen LogP contribution is 2.38. The van der Waals surface area contributed by atoms with Gasteiger partial charge in [0.05, 0.1) is 37.6 Å². The van der Waals surface area contributed by atoms with Gasteiger partial charge in [0.15, 0.2) is 5.78 Å². The number of Topliss-reactive ketones (excluding diaryl/α,β-unsaturated/α-hetero) is 3. The number of allylic oxidation sites excluding steroid dienone is 7. The minimum absolute atomic E-state index is 0.0771. The fourth-order valence-electron chi connectivity index (χ4n) is 10.5. The van der Waals surface area contributed by atoms with Gasteiger partial charge in [0.1, 0.15) is 36.2 Å². The number of amides is 1. The number of carbonyl (C=O) groups excluding carboxylic acids is 5. The van der Waals surface area contributed by atoms with Gasteiger partial charge in [0, 0.05) is 51.4 Å². The summed E-state index contributed by atoms with van der Waals surface area (Å²) in [6, 6.07) is -1.16. The molecule has 3 N–H and O–H groups in total. The number of rotatable bonds is 8. The van der Waals surface area contributed by atoms with E-state index in [9.17, 15) is 39.3 Å². The van der Waals surface area contributed by atoms with Crippen LogP contribution in [-0.4, -0.2) is 144 Å². The maximum Gasteiger partial charge on any atom is 0.329 e. The normalized spacial score (nSPS) is 40.0. The molecule has 4 heterocycles. The minimum Gasteiger partial charge on any atom is -0.460 e. The maximum absolute atomic E-state index is 14.5. The zero-order chi connectivity index (χ0) is 50.6. The topological polar surface area (TPSA) is 205 Å². The molecule has 5 aliphatic rings. The summed E-state index contributed by atoms with van der Waals surface area (Å²) in [5, 5.41) is 34.1. The van der Waals surface area contributed by atoms with Gasteiger partial charge in [-0.15, -0.1) is 6.58 Å². The van der Waals surface area contributed by atoms with Gasteiger partial charge in [0.25, 0.3) is 11.7 Å². The van der Waals surface area contributed by atoms with E-state index in [1.54, 1.807) is 47.0 Å². The van der Waals surface area contributed by atoms with Gasteiger partial charge < -0.3 is 48.6 Å². The van der Waals surface area contributed by atoms with Crippen LogP contribution in [0, 0.1) is 35.5 Å². The monoisotopic (exact) mass is 968 g/mol. The smallest absolute Gasteiger partial charge is 0.329 e. The molecule has 2 bridgehead atoms. The lowest BCUT2D eigenvalue weighted by atomic mass is 9.78. The highest BCUT2D eigenvalue weighted by atomic mass is 16.6. The lowest BCUT2D eigenvalue weighted by Crippen LogP contribution is -2.61. The Morgan fingerprint density at radius 2 is 1.65 bits per heavy atom. The van der Waals surface area contributed by atoms with Crippen molar-refractivity contribution in [1.82, 2.24) is 4.90 Å². The Labute approximate surface area is 409 Å². The molecule has 2 unspecified atom stereocenters. The second kappa shape index (κ2) is 26.1. The number of ketones is 3. The second-order valence-corrected chi connectivity index (χ2v) is 20.6. The predicted octanol–water partition coefficient (Wildman–Crippen LogP) is 6.12. The van der Waals surface area contributed by atoms with E-state index in [4.69, 9.17) is 28.4 Å². The third-order valence-electron chi connectivity index (χ3n) is 15.3. The molecule has 1 saturated carbocycles. The molecular formula is C54H81NO14. The van der Waals surface area contributed by atoms with Crippen LogP contribution in [0.5, 0.6) is 0 Å². The molecule has 15 heteroatoms. The van der Waals surface area contributed by atoms with Crippen molar-refractivity contribution < 1.29 is 67.7 Å². The number of cyclic esters (lactones) is 1. The summed E-state index contributed by atoms with van der Waals surface area (Å²) < 4.78 is 35.5. The number of carbonyl (C=O) groups is 5. The largest absolute Gasteiger partial charge is 0.460 e. The van der Waals surface area contributed by atoms with E-state index in [2.05, 4.69) is 6.58 Å². The van der Waals surface area contributed by atoms with Gasteiger partial charge in [-0.05, 0) is 107 Å². The molecule has 1 aliphatic carbocycles. The number of aliphatic hydroxyl groups is 3. The molecule has 0 aromatic heterocycles. The molecule has 0 spiro atoms. The summed E-state index contributed by atoms with van der Waals surface area (Å²) >= 11 is 0. The Bertz CT molecular complexity index is 1910. The highest BCUT2D eigenvalue weighted by Gasteiger charge is 2.53. The van der Waals surface area contributed by atoms with Crippen LogP contribution in [0.1, 0.15) is 119 Å². The van der Waals surface area contributed by atoms with Crippen LogP contribution in [0.2, 0.25) is 0 Å². The number of nitrogens with zero attached hydrogens (tertiary/aromatic N) is 1. The molecule has 386 valence electrons. The molecule has 4 aliphatic heterocycles. The Morgan fingerprint density at radius 3 is 2.32 bits per heavy atom. The fourth-order valence-corrected chi connectivity index (χ4v) is 10.5. The SMILES string of the molecule is C=C[C@@H]1/C=C/C=C/C=C(\C)C(OC2COC2)C[C@@H]2CC[C@@H](C)[C@@](O)(O2)C(=O)C(=O)N2CCCCC2C(=O)O[C@H]([C@H](C)C[C@@H]2CC[C@@H](O)[C@H](OC)C2)CC(=O)[C@H](C)/C=C(\C)[C@@H](O)[C@@H](OC)C(=O)[C@H](C)C1. The van der Waals surface area contributed by atoms with Crippen molar-refractivity contribution in [1.29, 1.82) is 0 Å². The third kappa shape index (κ3) is 14.7. The number of piperidine rings is 1. The van der Waals surface area contributed by atoms with E-state index in [-0.39, 0.29) is 60.9 Å². The molecule has 15 nitrogen and oxygen atoms in total. The molecule has 0 aromatic carbocycles. The van der Waals surface area contributed by atoms with Gasteiger partial charge in [-0.1, -0.05) is 70.2 Å². The van der Waals surface area contributed by atoms with E-state index < -0.39 is 83.9 Å². The van der Waals surface area contributed by atoms with E-state index in [1.165, 1.54) is 12.0 Å². The molecule has 15 atom stereocenters. The molecule has 0 aromatic rings. The summed E-state index contributed by atoms with van der Waals surface area (Å²) in [6.45, 7) is 15.5. The molecule has 69 heavy (non-hydrogen) atoms. The van der Waals surface area contributed by atoms with Crippen LogP contribution in [-0.2, 0) is 52.4 Å². The van der Waals surface area contributed by atoms with Crippen molar-refractivity contribution in [2.75, 3.05) is 34.0 Å². The Kier molecular flexibility index (Phi) is 21.3. The van der Waals surface area contributed by atoms with Crippen LogP contribution in [0.15, 0.2) is 60.3 Å².